The molecule has 0 fully saturated rings. The minimum Gasteiger partial charge on any atom is -0.480 e. The van der Waals surface area contributed by atoms with Crippen molar-refractivity contribution in [2.75, 3.05) is 5.43 Å². The summed E-state index contributed by atoms with van der Waals surface area (Å²) in [4.78, 5) is 22.4. The highest BCUT2D eigenvalue weighted by Crippen LogP contribution is 2.18. The first-order valence-electron chi connectivity index (χ1n) is 6.21. The van der Waals surface area contributed by atoms with E-state index in [1.165, 1.54) is 6.92 Å². The number of halogens is 1. The molecule has 0 saturated carbocycles. The number of aliphatic carboxylic acids is 1. The number of aromatic nitrogens is 4. The fraction of sp³-hybridized carbons (Fsp3) is 0.167. The van der Waals surface area contributed by atoms with Crippen molar-refractivity contribution in [1.82, 2.24) is 20.2 Å². The molecule has 23 heavy (non-hydrogen) atoms. The Labute approximate surface area is 139 Å². The molecule has 0 saturated heterocycles. The maximum absolute atomic E-state index is 11.7. The minimum absolute atomic E-state index is 0.0846. The summed E-state index contributed by atoms with van der Waals surface area (Å²) >= 11 is 6.65. The third kappa shape index (κ3) is 5.04. The van der Waals surface area contributed by atoms with E-state index in [4.69, 9.17) is 16.7 Å². The van der Waals surface area contributed by atoms with Crippen molar-refractivity contribution in [2.45, 2.75) is 18.6 Å². The fourth-order valence-corrected chi connectivity index (χ4v) is 2.21. The average Bonchev–Trinajstić information content (AvgIpc) is 2.91. The van der Waals surface area contributed by atoms with Gasteiger partial charge in [0.05, 0.1) is 5.69 Å². The molecule has 0 bridgehead atoms. The van der Waals surface area contributed by atoms with E-state index in [2.05, 4.69) is 26.1 Å². The molecule has 2 N–H and O–H groups in total. The highest BCUT2D eigenvalue weighted by atomic mass is 35.5. The monoisotopic (exact) mass is 354 g/mol. The van der Waals surface area contributed by atoms with Crippen molar-refractivity contribution < 1.29 is 14.7 Å². The van der Waals surface area contributed by atoms with Crippen molar-refractivity contribution >= 4 is 45.8 Å². The number of Topliss-reactive ketones (excluding diaryl/α,β-unsaturated/α-hetero) is 1. The van der Waals surface area contributed by atoms with Gasteiger partial charge in [0, 0.05) is 11.9 Å². The first-order valence-corrected chi connectivity index (χ1v) is 7.41. The summed E-state index contributed by atoms with van der Waals surface area (Å²) in [5, 5.41) is 24.2. The van der Waals surface area contributed by atoms with Crippen LogP contribution in [0.5, 0.6) is 0 Å². The Kier molecular flexibility index (Phi) is 5.66. The molecule has 1 aromatic carbocycles. The van der Waals surface area contributed by atoms with Crippen molar-refractivity contribution in [3.05, 3.63) is 29.3 Å². The standard InChI is InChI=1S/C12H11ClN6O3S/c1-7(20)11(15-14-9-4-2-8(13)3-5-9)23-12-16-17-18-19(12)6-10(21)22/h2-5,14H,6H2,1H3,(H,21,22)/b15-11+. The Bertz CT molecular complexity index is 746. The molecule has 120 valence electrons. The largest absolute Gasteiger partial charge is 0.480 e. The molecule has 0 aliphatic carbocycles. The molecular weight excluding hydrogens is 344 g/mol. The molecule has 1 heterocycles. The zero-order valence-electron chi connectivity index (χ0n) is 11.8. The molecule has 0 atom stereocenters. The highest BCUT2D eigenvalue weighted by Gasteiger charge is 2.16. The molecule has 0 radical (unpaired) electrons. The van der Waals surface area contributed by atoms with Gasteiger partial charge in [-0.2, -0.15) is 5.10 Å². The summed E-state index contributed by atoms with van der Waals surface area (Å²) in [7, 11) is 0. The minimum atomic E-state index is -1.10. The van der Waals surface area contributed by atoms with Gasteiger partial charge in [-0.3, -0.25) is 15.0 Å². The smallest absolute Gasteiger partial charge is 0.325 e. The Morgan fingerprint density at radius 2 is 2.09 bits per heavy atom. The van der Waals surface area contributed by atoms with Gasteiger partial charge in [0.2, 0.25) is 5.16 Å². The normalized spacial score (nSPS) is 11.3. The quantitative estimate of drug-likeness (QED) is 0.346. The van der Waals surface area contributed by atoms with Gasteiger partial charge in [-0.25, -0.2) is 4.68 Å². The van der Waals surface area contributed by atoms with E-state index < -0.39 is 12.5 Å². The molecule has 0 spiro atoms. The summed E-state index contributed by atoms with van der Waals surface area (Å²) in [5.74, 6) is -1.42. The molecule has 2 rings (SSSR count). The maximum Gasteiger partial charge on any atom is 0.325 e. The lowest BCUT2D eigenvalue weighted by Gasteiger charge is -2.04. The van der Waals surface area contributed by atoms with Gasteiger partial charge in [-0.05, 0) is 46.5 Å². The second-order valence-corrected chi connectivity index (χ2v) is 5.60. The van der Waals surface area contributed by atoms with Gasteiger partial charge in [0.1, 0.15) is 6.54 Å². The van der Waals surface area contributed by atoms with Crippen molar-refractivity contribution in [3.8, 4) is 0 Å². The number of anilines is 1. The highest BCUT2D eigenvalue weighted by molar-refractivity contribution is 8.15. The number of hydrogen-bond acceptors (Lipinski definition) is 8. The van der Waals surface area contributed by atoms with Gasteiger partial charge in [0.15, 0.2) is 10.8 Å². The number of carboxylic acids is 1. The van der Waals surface area contributed by atoms with Crippen LogP contribution in [0.25, 0.3) is 0 Å². The molecule has 9 nitrogen and oxygen atoms in total. The number of nitrogens with one attached hydrogen (secondary N) is 1. The zero-order valence-corrected chi connectivity index (χ0v) is 13.4. The van der Waals surface area contributed by atoms with Crippen LogP contribution in [-0.2, 0) is 16.1 Å². The van der Waals surface area contributed by atoms with Gasteiger partial charge in [-0.1, -0.05) is 11.6 Å². The third-order valence-corrected chi connectivity index (χ3v) is 3.70. The van der Waals surface area contributed by atoms with Crippen molar-refractivity contribution in [3.63, 3.8) is 0 Å². The Morgan fingerprint density at radius 3 is 2.70 bits per heavy atom. The van der Waals surface area contributed by atoms with E-state index in [1.54, 1.807) is 24.3 Å². The van der Waals surface area contributed by atoms with E-state index in [1.807, 2.05) is 0 Å². The van der Waals surface area contributed by atoms with Crippen LogP contribution in [0.1, 0.15) is 6.92 Å². The first-order chi connectivity index (χ1) is 11.0. The summed E-state index contributed by atoms with van der Waals surface area (Å²) in [6.45, 7) is 0.922. The van der Waals surface area contributed by atoms with E-state index in [0.29, 0.717) is 10.7 Å². The number of benzene rings is 1. The van der Waals surface area contributed by atoms with E-state index >= 15 is 0 Å². The topological polar surface area (TPSA) is 122 Å². The summed E-state index contributed by atoms with van der Waals surface area (Å²) in [6, 6.07) is 6.74. The number of carbonyl (C=O) groups excluding carboxylic acids is 1. The Balaban J connectivity index is 2.14. The second-order valence-electron chi connectivity index (χ2n) is 4.21. The van der Waals surface area contributed by atoms with Crippen molar-refractivity contribution in [2.24, 2.45) is 5.10 Å². The number of rotatable bonds is 6. The number of hydrogen-bond donors (Lipinski definition) is 2. The van der Waals surface area contributed by atoms with Crippen LogP contribution in [-0.4, -0.2) is 42.1 Å². The first kappa shape index (κ1) is 16.9. The Hall–Kier alpha value is -2.46. The lowest BCUT2D eigenvalue weighted by Crippen LogP contribution is -2.14. The van der Waals surface area contributed by atoms with Crippen LogP contribution >= 0.6 is 23.4 Å². The zero-order chi connectivity index (χ0) is 16.8. The van der Waals surface area contributed by atoms with Crippen molar-refractivity contribution in [1.29, 1.82) is 0 Å². The van der Waals surface area contributed by atoms with Crippen LogP contribution in [0.4, 0.5) is 5.69 Å². The second kappa shape index (κ2) is 7.70. The third-order valence-electron chi connectivity index (χ3n) is 2.40. The maximum atomic E-state index is 11.7. The number of carboxylic acid groups (broad SMARTS) is 1. The number of hydrazone groups is 1. The number of thioether (sulfide) groups is 1. The van der Waals surface area contributed by atoms with Gasteiger partial charge in [0.25, 0.3) is 0 Å². The molecule has 1 aromatic heterocycles. The molecule has 2 aromatic rings. The van der Waals surface area contributed by atoms with Crippen LogP contribution in [0.3, 0.4) is 0 Å². The summed E-state index contributed by atoms with van der Waals surface area (Å²) < 4.78 is 1.06. The van der Waals surface area contributed by atoms with Crippen LogP contribution in [0, 0.1) is 0 Å². The number of ketones is 1. The predicted octanol–water partition coefficient (Wildman–Crippen LogP) is 1.52. The molecule has 0 aliphatic rings. The Morgan fingerprint density at radius 1 is 1.39 bits per heavy atom. The lowest BCUT2D eigenvalue weighted by atomic mass is 10.3. The van der Waals surface area contributed by atoms with Gasteiger partial charge in [-0.15, -0.1) is 5.10 Å². The average molecular weight is 355 g/mol. The van der Waals surface area contributed by atoms with E-state index in [-0.39, 0.29) is 16.0 Å². The molecular formula is C12H11ClN6O3S. The van der Waals surface area contributed by atoms with E-state index in [9.17, 15) is 9.59 Å². The number of tetrazole rings is 1. The molecule has 0 aliphatic heterocycles. The lowest BCUT2D eigenvalue weighted by molar-refractivity contribution is -0.138. The molecule has 0 amide bonds. The summed E-state index contributed by atoms with van der Waals surface area (Å²) in [6.07, 6.45) is 0. The van der Waals surface area contributed by atoms with Gasteiger partial charge >= 0.3 is 5.97 Å². The SMILES string of the molecule is CC(=O)/C(=N\Nc1ccc(Cl)cc1)Sc1nnnn1CC(=O)O. The fourth-order valence-electron chi connectivity index (χ4n) is 1.40. The van der Waals surface area contributed by atoms with Crippen LogP contribution < -0.4 is 5.43 Å². The molecule has 0 unspecified atom stereocenters. The number of nitrogens with zero attached hydrogens (tertiary/aromatic N) is 5. The molecule has 11 heteroatoms. The van der Waals surface area contributed by atoms with Crippen LogP contribution in [0.2, 0.25) is 5.02 Å². The van der Waals surface area contributed by atoms with Crippen LogP contribution in [0.15, 0.2) is 34.5 Å². The van der Waals surface area contributed by atoms with Gasteiger partial charge < -0.3 is 5.11 Å². The number of carbonyl (C=O) groups is 2. The van der Waals surface area contributed by atoms with E-state index in [0.717, 1.165) is 16.4 Å². The predicted molar refractivity (Wildman–Crippen MR) is 84.5 cm³/mol. The summed E-state index contributed by atoms with van der Waals surface area (Å²) in [5.41, 5.74) is 3.36.